The van der Waals surface area contributed by atoms with Crippen molar-refractivity contribution in [3.05, 3.63) is 12.2 Å². The van der Waals surface area contributed by atoms with Crippen LogP contribution < -0.4 is 0 Å². The Hall–Kier alpha value is -0.920. The van der Waals surface area contributed by atoms with E-state index in [4.69, 9.17) is 0 Å². The molecule has 0 radical (unpaired) electrons. The number of Topliss-reactive ketones (excluding diaryl/α,β-unsaturated/α-hetero) is 1. The Morgan fingerprint density at radius 2 is 2.07 bits per heavy atom. The quantitative estimate of drug-likeness (QED) is 0.620. The maximum absolute atomic E-state index is 11.7. The van der Waals surface area contributed by atoms with Crippen LogP contribution in [0.15, 0.2) is 17.1 Å². The molecule has 0 saturated heterocycles. The lowest BCUT2D eigenvalue weighted by molar-refractivity contribution is -0.110. The minimum absolute atomic E-state index is 0.0813. The highest BCUT2D eigenvalue weighted by molar-refractivity contribution is 6.46. The summed E-state index contributed by atoms with van der Waals surface area (Å²) in [6.45, 7) is 11.0. The average Bonchev–Trinajstić information content (AvgIpc) is 2.08. The zero-order valence-corrected chi connectivity index (χ0v) is 9.39. The fourth-order valence-electron chi connectivity index (χ4n) is 1.83. The van der Waals surface area contributed by atoms with Gasteiger partial charge in [-0.1, -0.05) is 27.4 Å². The first-order valence-corrected chi connectivity index (χ1v) is 5.22. The number of ketones is 1. The first-order valence-electron chi connectivity index (χ1n) is 5.22. The maximum atomic E-state index is 11.7. The lowest BCUT2D eigenvalue weighted by Gasteiger charge is -2.30. The van der Waals surface area contributed by atoms with E-state index in [2.05, 4.69) is 32.3 Å². The van der Waals surface area contributed by atoms with Crippen molar-refractivity contribution < 1.29 is 4.79 Å². The van der Waals surface area contributed by atoms with E-state index in [9.17, 15) is 4.79 Å². The molecule has 0 aromatic carbocycles. The molecule has 78 valence electrons. The molecule has 0 amide bonds. The summed E-state index contributed by atoms with van der Waals surface area (Å²) in [4.78, 5) is 16.0. The van der Waals surface area contributed by atoms with Crippen LogP contribution in [0.5, 0.6) is 0 Å². The SMILES string of the molecule is C=C1CC(C)(C)CC(=NCCC)C1=O. The molecule has 0 aliphatic heterocycles. The molecule has 2 nitrogen and oxygen atoms in total. The number of carbonyl (C=O) groups excluding carboxylic acids is 1. The third-order valence-electron chi connectivity index (χ3n) is 2.45. The molecule has 1 saturated carbocycles. The second kappa shape index (κ2) is 4.07. The summed E-state index contributed by atoms with van der Waals surface area (Å²) >= 11 is 0. The van der Waals surface area contributed by atoms with Crippen LogP contribution in [0, 0.1) is 5.41 Å². The van der Waals surface area contributed by atoms with Crippen molar-refractivity contribution >= 4 is 11.5 Å². The average molecular weight is 193 g/mol. The molecule has 1 aliphatic carbocycles. The van der Waals surface area contributed by atoms with Crippen LogP contribution in [0.4, 0.5) is 0 Å². The van der Waals surface area contributed by atoms with Crippen molar-refractivity contribution in [3.63, 3.8) is 0 Å². The highest BCUT2D eigenvalue weighted by Gasteiger charge is 2.32. The zero-order valence-electron chi connectivity index (χ0n) is 9.39. The van der Waals surface area contributed by atoms with Crippen LogP contribution in [0.3, 0.4) is 0 Å². The fraction of sp³-hybridized carbons (Fsp3) is 0.667. The summed E-state index contributed by atoms with van der Waals surface area (Å²) in [5.41, 5.74) is 1.60. The van der Waals surface area contributed by atoms with Gasteiger partial charge in [-0.15, -0.1) is 0 Å². The molecule has 0 unspecified atom stereocenters. The summed E-state index contributed by atoms with van der Waals surface area (Å²) in [5.74, 6) is 0.0813. The Bertz CT molecular complexity index is 287. The molecule has 0 atom stereocenters. The van der Waals surface area contributed by atoms with E-state index in [0.29, 0.717) is 0 Å². The molecule has 0 spiro atoms. The van der Waals surface area contributed by atoms with E-state index >= 15 is 0 Å². The van der Waals surface area contributed by atoms with Crippen LogP contribution in [-0.2, 0) is 4.79 Å². The Labute approximate surface area is 86.1 Å². The summed E-state index contributed by atoms with van der Waals surface area (Å²) < 4.78 is 0. The third-order valence-corrected chi connectivity index (χ3v) is 2.45. The molecular weight excluding hydrogens is 174 g/mol. The van der Waals surface area contributed by atoms with Gasteiger partial charge in [0.1, 0.15) is 0 Å². The molecule has 1 rings (SSSR count). The molecule has 0 N–H and O–H groups in total. The summed E-state index contributed by atoms with van der Waals surface area (Å²) in [6, 6.07) is 0. The minimum Gasteiger partial charge on any atom is -0.288 e. The number of hydrogen-bond donors (Lipinski definition) is 0. The standard InChI is InChI=1S/C12H19NO/c1-5-6-13-10-8-12(3,4)7-9(2)11(10)14/h2,5-8H2,1,3-4H3. The van der Waals surface area contributed by atoms with Gasteiger partial charge in [-0.3, -0.25) is 9.79 Å². The van der Waals surface area contributed by atoms with E-state index < -0.39 is 0 Å². The fourth-order valence-corrected chi connectivity index (χ4v) is 1.83. The van der Waals surface area contributed by atoms with Crippen molar-refractivity contribution in [2.45, 2.75) is 40.0 Å². The number of carbonyl (C=O) groups is 1. The molecular formula is C12H19NO. The molecule has 0 aromatic rings. The van der Waals surface area contributed by atoms with Crippen LogP contribution in [0.2, 0.25) is 0 Å². The lowest BCUT2D eigenvalue weighted by atomic mass is 9.74. The summed E-state index contributed by atoms with van der Waals surface area (Å²) in [6.07, 6.45) is 2.59. The van der Waals surface area contributed by atoms with Crippen LogP contribution in [0.1, 0.15) is 40.0 Å². The first kappa shape index (κ1) is 11.2. The van der Waals surface area contributed by atoms with Gasteiger partial charge in [0.05, 0.1) is 5.71 Å². The second-order valence-electron chi connectivity index (χ2n) is 4.78. The monoisotopic (exact) mass is 193 g/mol. The predicted octanol–water partition coefficient (Wildman–Crippen LogP) is 2.78. The Kier molecular flexibility index (Phi) is 3.25. The Morgan fingerprint density at radius 1 is 1.43 bits per heavy atom. The molecule has 1 fully saturated rings. The topological polar surface area (TPSA) is 29.4 Å². The number of aliphatic imine (C=N–C) groups is 1. The van der Waals surface area contributed by atoms with Gasteiger partial charge in [0.25, 0.3) is 0 Å². The van der Waals surface area contributed by atoms with Crippen LogP contribution >= 0.6 is 0 Å². The highest BCUT2D eigenvalue weighted by Crippen LogP contribution is 2.34. The van der Waals surface area contributed by atoms with E-state index in [1.165, 1.54) is 0 Å². The molecule has 0 heterocycles. The van der Waals surface area contributed by atoms with Crippen LogP contribution in [-0.4, -0.2) is 18.0 Å². The molecule has 14 heavy (non-hydrogen) atoms. The molecule has 0 bridgehead atoms. The van der Waals surface area contributed by atoms with Gasteiger partial charge in [-0.2, -0.15) is 0 Å². The zero-order chi connectivity index (χ0) is 10.8. The van der Waals surface area contributed by atoms with Gasteiger partial charge in [-0.25, -0.2) is 0 Å². The van der Waals surface area contributed by atoms with Crippen molar-refractivity contribution in [1.82, 2.24) is 0 Å². The first-order chi connectivity index (χ1) is 6.46. The molecule has 1 aliphatic rings. The van der Waals surface area contributed by atoms with Crippen molar-refractivity contribution in [2.75, 3.05) is 6.54 Å². The summed E-state index contributed by atoms with van der Waals surface area (Å²) in [5, 5.41) is 0. The predicted molar refractivity (Wildman–Crippen MR) is 59.8 cm³/mol. The second-order valence-corrected chi connectivity index (χ2v) is 4.78. The van der Waals surface area contributed by atoms with E-state index in [1.807, 2.05) is 0 Å². The van der Waals surface area contributed by atoms with E-state index in [0.717, 1.165) is 37.1 Å². The van der Waals surface area contributed by atoms with Gasteiger partial charge in [-0.05, 0) is 30.3 Å². The summed E-state index contributed by atoms with van der Waals surface area (Å²) in [7, 11) is 0. The largest absolute Gasteiger partial charge is 0.288 e. The number of allylic oxidation sites excluding steroid dienone is 1. The van der Waals surface area contributed by atoms with Crippen molar-refractivity contribution in [3.8, 4) is 0 Å². The van der Waals surface area contributed by atoms with Crippen molar-refractivity contribution in [1.29, 1.82) is 0 Å². The highest BCUT2D eigenvalue weighted by atomic mass is 16.1. The van der Waals surface area contributed by atoms with Gasteiger partial charge in [0, 0.05) is 6.54 Å². The Morgan fingerprint density at radius 3 is 2.64 bits per heavy atom. The minimum atomic E-state index is 0.0813. The van der Waals surface area contributed by atoms with Gasteiger partial charge >= 0.3 is 0 Å². The normalized spacial score (nSPS) is 24.4. The number of rotatable bonds is 2. The van der Waals surface area contributed by atoms with Crippen molar-refractivity contribution in [2.24, 2.45) is 10.4 Å². The lowest BCUT2D eigenvalue weighted by Crippen LogP contribution is -2.32. The Balaban J connectivity index is 2.84. The third kappa shape index (κ3) is 2.53. The van der Waals surface area contributed by atoms with Gasteiger partial charge in [0.2, 0.25) is 5.78 Å². The number of hydrogen-bond acceptors (Lipinski definition) is 2. The van der Waals surface area contributed by atoms with Gasteiger partial charge < -0.3 is 0 Å². The van der Waals surface area contributed by atoms with E-state index in [-0.39, 0.29) is 11.2 Å². The number of nitrogens with zero attached hydrogens (tertiary/aromatic N) is 1. The smallest absolute Gasteiger partial charge is 0.202 e. The van der Waals surface area contributed by atoms with Gasteiger partial charge in [0.15, 0.2) is 0 Å². The van der Waals surface area contributed by atoms with E-state index in [1.54, 1.807) is 0 Å². The molecule has 0 aromatic heterocycles. The van der Waals surface area contributed by atoms with Crippen LogP contribution in [0.25, 0.3) is 0 Å². The molecule has 2 heteroatoms. The maximum Gasteiger partial charge on any atom is 0.202 e.